The zero-order valence-corrected chi connectivity index (χ0v) is 15.4. The van der Waals surface area contributed by atoms with Crippen molar-refractivity contribution in [2.24, 2.45) is 10.8 Å². The standard InChI is InChI=1S/C22H29NO/c1-21(2)11-17-12-22(3,14-21)15-23(17)13-19-18-8-6-5-7-16(18)9-10-20(19)24-4/h5-10,17H,11-15H2,1-4H3/t17-,22-/m0/s1. The van der Waals surface area contributed by atoms with Crippen molar-refractivity contribution in [2.75, 3.05) is 13.7 Å². The number of nitrogens with zero attached hydrogens (tertiary/aromatic N) is 1. The van der Waals surface area contributed by atoms with Crippen LogP contribution < -0.4 is 4.74 Å². The molecule has 2 fully saturated rings. The minimum absolute atomic E-state index is 0.468. The summed E-state index contributed by atoms with van der Waals surface area (Å²) in [6.07, 6.45) is 4.01. The molecule has 24 heavy (non-hydrogen) atoms. The molecule has 0 radical (unpaired) electrons. The third-order valence-electron chi connectivity index (χ3n) is 6.10. The van der Waals surface area contributed by atoms with Crippen molar-refractivity contribution in [3.8, 4) is 5.75 Å². The number of fused-ring (bicyclic) bond motifs is 3. The van der Waals surface area contributed by atoms with Crippen molar-refractivity contribution in [1.29, 1.82) is 0 Å². The van der Waals surface area contributed by atoms with E-state index in [2.05, 4.69) is 62.1 Å². The Hall–Kier alpha value is -1.54. The van der Waals surface area contributed by atoms with E-state index >= 15 is 0 Å². The SMILES string of the molecule is COc1ccc2ccccc2c1CN1C[C@@]2(C)C[C@@H]1CC(C)(C)C2. The number of hydrogen-bond donors (Lipinski definition) is 0. The van der Waals surface area contributed by atoms with Gasteiger partial charge in [0.1, 0.15) is 5.75 Å². The summed E-state index contributed by atoms with van der Waals surface area (Å²) in [6.45, 7) is 9.59. The average molecular weight is 323 g/mol. The Morgan fingerprint density at radius 2 is 1.88 bits per heavy atom. The van der Waals surface area contributed by atoms with E-state index in [4.69, 9.17) is 4.74 Å². The number of benzene rings is 2. The first kappa shape index (κ1) is 16.0. The van der Waals surface area contributed by atoms with Crippen LogP contribution in [0.4, 0.5) is 0 Å². The minimum atomic E-state index is 0.468. The van der Waals surface area contributed by atoms with E-state index in [0.717, 1.165) is 12.3 Å². The van der Waals surface area contributed by atoms with Gasteiger partial charge in [-0.2, -0.15) is 0 Å². The summed E-state index contributed by atoms with van der Waals surface area (Å²) in [4.78, 5) is 2.72. The molecule has 2 aromatic rings. The summed E-state index contributed by atoms with van der Waals surface area (Å²) >= 11 is 0. The highest BCUT2D eigenvalue weighted by Crippen LogP contribution is 2.53. The highest BCUT2D eigenvalue weighted by atomic mass is 16.5. The van der Waals surface area contributed by atoms with Gasteiger partial charge in [0.25, 0.3) is 0 Å². The van der Waals surface area contributed by atoms with E-state index < -0.39 is 0 Å². The molecule has 2 atom stereocenters. The Labute approximate surface area is 145 Å². The molecule has 1 saturated carbocycles. The van der Waals surface area contributed by atoms with Crippen LogP contribution in [-0.2, 0) is 6.54 Å². The summed E-state index contributed by atoms with van der Waals surface area (Å²) in [5, 5.41) is 2.64. The third-order valence-corrected chi connectivity index (χ3v) is 6.10. The van der Waals surface area contributed by atoms with Crippen LogP contribution in [-0.4, -0.2) is 24.6 Å². The van der Waals surface area contributed by atoms with Gasteiger partial charge in [-0.3, -0.25) is 4.90 Å². The Bertz CT molecular complexity index is 766. The molecular weight excluding hydrogens is 294 g/mol. The minimum Gasteiger partial charge on any atom is -0.496 e. The maximum absolute atomic E-state index is 5.71. The van der Waals surface area contributed by atoms with Gasteiger partial charge < -0.3 is 4.74 Å². The number of methoxy groups -OCH3 is 1. The van der Waals surface area contributed by atoms with Crippen molar-refractivity contribution >= 4 is 10.8 Å². The van der Waals surface area contributed by atoms with Crippen molar-refractivity contribution in [2.45, 2.75) is 52.6 Å². The molecule has 2 aromatic carbocycles. The lowest BCUT2D eigenvalue weighted by Crippen LogP contribution is -2.34. The van der Waals surface area contributed by atoms with Crippen LogP contribution in [0, 0.1) is 10.8 Å². The fourth-order valence-electron chi connectivity index (χ4n) is 5.63. The number of hydrogen-bond acceptors (Lipinski definition) is 2. The van der Waals surface area contributed by atoms with Crippen LogP contribution in [0.3, 0.4) is 0 Å². The van der Waals surface area contributed by atoms with Gasteiger partial charge in [0.15, 0.2) is 0 Å². The Morgan fingerprint density at radius 3 is 2.67 bits per heavy atom. The molecule has 1 aliphatic carbocycles. The quantitative estimate of drug-likeness (QED) is 0.765. The summed E-state index contributed by atoms with van der Waals surface area (Å²) in [7, 11) is 1.79. The first-order chi connectivity index (χ1) is 11.4. The molecule has 2 nitrogen and oxygen atoms in total. The van der Waals surface area contributed by atoms with Gasteiger partial charge in [-0.1, -0.05) is 51.1 Å². The van der Waals surface area contributed by atoms with E-state index in [1.807, 2.05) is 0 Å². The largest absolute Gasteiger partial charge is 0.496 e. The topological polar surface area (TPSA) is 12.5 Å². The smallest absolute Gasteiger partial charge is 0.123 e. The highest BCUT2D eigenvalue weighted by Gasteiger charge is 2.49. The summed E-state index contributed by atoms with van der Waals surface area (Å²) in [6, 6.07) is 13.7. The van der Waals surface area contributed by atoms with Crippen molar-refractivity contribution in [3.05, 3.63) is 42.0 Å². The first-order valence-electron chi connectivity index (χ1n) is 9.18. The number of likely N-dealkylation sites (tertiary alicyclic amines) is 1. The Kier molecular flexibility index (Phi) is 3.65. The second-order valence-electron chi connectivity index (χ2n) is 9.09. The monoisotopic (exact) mass is 323 g/mol. The van der Waals surface area contributed by atoms with Gasteiger partial charge in [0.05, 0.1) is 7.11 Å². The molecule has 0 spiro atoms. The second-order valence-corrected chi connectivity index (χ2v) is 9.09. The molecule has 2 heteroatoms. The van der Waals surface area contributed by atoms with Crippen LogP contribution in [0.5, 0.6) is 5.75 Å². The van der Waals surface area contributed by atoms with Crippen molar-refractivity contribution < 1.29 is 4.74 Å². The average Bonchev–Trinajstić information content (AvgIpc) is 2.76. The van der Waals surface area contributed by atoms with Crippen LogP contribution in [0.1, 0.15) is 45.6 Å². The molecule has 2 aliphatic rings. The fourth-order valence-corrected chi connectivity index (χ4v) is 5.63. The van der Waals surface area contributed by atoms with E-state index in [-0.39, 0.29) is 0 Å². The maximum atomic E-state index is 5.71. The van der Waals surface area contributed by atoms with Gasteiger partial charge in [0.2, 0.25) is 0 Å². The van der Waals surface area contributed by atoms with Gasteiger partial charge in [-0.15, -0.1) is 0 Å². The lowest BCUT2D eigenvalue weighted by atomic mass is 9.65. The van der Waals surface area contributed by atoms with E-state index in [0.29, 0.717) is 16.9 Å². The van der Waals surface area contributed by atoms with Gasteiger partial charge in [0, 0.05) is 24.7 Å². The zero-order chi connectivity index (χ0) is 16.9. The lowest BCUT2D eigenvalue weighted by molar-refractivity contribution is 0.126. The van der Waals surface area contributed by atoms with Crippen LogP contribution >= 0.6 is 0 Å². The number of ether oxygens (including phenoxy) is 1. The van der Waals surface area contributed by atoms with Crippen molar-refractivity contribution in [3.63, 3.8) is 0 Å². The molecule has 0 amide bonds. The first-order valence-corrected chi connectivity index (χ1v) is 9.18. The summed E-state index contributed by atoms with van der Waals surface area (Å²) < 4.78 is 5.71. The second kappa shape index (κ2) is 5.49. The molecule has 2 bridgehead atoms. The van der Waals surface area contributed by atoms with E-state index in [1.54, 1.807) is 7.11 Å². The normalized spacial score (nSPS) is 29.1. The van der Waals surface area contributed by atoms with Gasteiger partial charge in [-0.05, 0) is 46.9 Å². The summed E-state index contributed by atoms with van der Waals surface area (Å²) in [5.41, 5.74) is 2.30. The maximum Gasteiger partial charge on any atom is 0.123 e. The predicted octanol–water partition coefficient (Wildman–Crippen LogP) is 5.25. The highest BCUT2D eigenvalue weighted by molar-refractivity contribution is 5.87. The van der Waals surface area contributed by atoms with Crippen molar-refractivity contribution in [1.82, 2.24) is 4.90 Å². The predicted molar refractivity (Wildman–Crippen MR) is 100 cm³/mol. The molecule has 0 unspecified atom stereocenters. The molecular formula is C22H29NO. The van der Waals surface area contributed by atoms with Crippen LogP contribution in [0.2, 0.25) is 0 Å². The zero-order valence-electron chi connectivity index (χ0n) is 15.4. The molecule has 128 valence electrons. The van der Waals surface area contributed by atoms with Crippen LogP contribution in [0.25, 0.3) is 10.8 Å². The molecule has 0 N–H and O–H groups in total. The Morgan fingerprint density at radius 1 is 1.08 bits per heavy atom. The van der Waals surface area contributed by atoms with Gasteiger partial charge >= 0.3 is 0 Å². The fraction of sp³-hybridized carbons (Fsp3) is 0.545. The summed E-state index contributed by atoms with van der Waals surface area (Å²) in [5.74, 6) is 1.03. The van der Waals surface area contributed by atoms with Crippen LogP contribution in [0.15, 0.2) is 36.4 Å². The number of rotatable bonds is 3. The van der Waals surface area contributed by atoms with E-state index in [1.165, 1.54) is 42.1 Å². The molecule has 1 heterocycles. The lowest BCUT2D eigenvalue weighted by Gasteiger charge is -2.40. The Balaban J connectivity index is 1.70. The third kappa shape index (κ3) is 2.71. The van der Waals surface area contributed by atoms with Gasteiger partial charge in [-0.25, -0.2) is 0 Å². The molecule has 4 rings (SSSR count). The molecule has 0 aromatic heterocycles. The molecule has 1 saturated heterocycles. The van der Waals surface area contributed by atoms with E-state index in [9.17, 15) is 0 Å². The molecule has 1 aliphatic heterocycles.